The number of rotatable bonds is 4. The molecular formula is C14H18ClNO. The van der Waals surface area contributed by atoms with Gasteiger partial charge in [0.05, 0.1) is 6.61 Å². The Balaban J connectivity index is 2.63. The van der Waals surface area contributed by atoms with Crippen molar-refractivity contribution in [1.82, 2.24) is 4.57 Å². The molecule has 1 N–H and O–H groups in total. The van der Waals surface area contributed by atoms with E-state index in [1.165, 1.54) is 10.9 Å². The van der Waals surface area contributed by atoms with E-state index in [9.17, 15) is 0 Å². The van der Waals surface area contributed by atoms with E-state index in [2.05, 4.69) is 23.8 Å². The third kappa shape index (κ3) is 2.33. The number of fused-ring (bicyclic) bond motifs is 1. The molecule has 3 heteroatoms. The van der Waals surface area contributed by atoms with Crippen molar-refractivity contribution in [1.29, 1.82) is 0 Å². The van der Waals surface area contributed by atoms with Gasteiger partial charge in [-0.3, -0.25) is 0 Å². The number of aliphatic hydroxyl groups excluding tert-OH is 1. The molecule has 0 aliphatic carbocycles. The van der Waals surface area contributed by atoms with E-state index < -0.39 is 0 Å². The van der Waals surface area contributed by atoms with Gasteiger partial charge in [-0.15, -0.1) is 0 Å². The van der Waals surface area contributed by atoms with Crippen LogP contribution in [0.2, 0.25) is 5.02 Å². The Hall–Kier alpha value is -0.990. The first-order valence-corrected chi connectivity index (χ1v) is 6.44. The molecule has 1 aromatic heterocycles. The second-order valence-electron chi connectivity index (χ2n) is 4.44. The zero-order chi connectivity index (χ0) is 12.4. The van der Waals surface area contributed by atoms with Gasteiger partial charge in [-0.2, -0.15) is 0 Å². The number of nitrogens with zero attached hydrogens (tertiary/aromatic N) is 1. The van der Waals surface area contributed by atoms with Crippen LogP contribution in [0.4, 0.5) is 0 Å². The molecule has 2 rings (SSSR count). The lowest BCUT2D eigenvalue weighted by molar-refractivity contribution is 0.278. The van der Waals surface area contributed by atoms with Gasteiger partial charge in [0.15, 0.2) is 0 Å². The monoisotopic (exact) mass is 251 g/mol. The summed E-state index contributed by atoms with van der Waals surface area (Å²) in [6.45, 7) is 4.99. The standard InChI is InChI=1S/C14H18ClNO/c1-3-4-11-9-16(5-6-17)14-8-13(15)10(2)7-12(11)14/h7-9,17H,3-6H2,1-2H3. The summed E-state index contributed by atoms with van der Waals surface area (Å²) in [5.74, 6) is 0. The number of benzene rings is 1. The van der Waals surface area contributed by atoms with Crippen LogP contribution in [0.25, 0.3) is 10.9 Å². The van der Waals surface area contributed by atoms with E-state index in [1.807, 2.05) is 13.0 Å². The molecule has 0 aliphatic heterocycles. The van der Waals surface area contributed by atoms with Crippen molar-refractivity contribution < 1.29 is 5.11 Å². The smallest absolute Gasteiger partial charge is 0.0610 e. The maximum Gasteiger partial charge on any atom is 0.0610 e. The highest BCUT2D eigenvalue weighted by molar-refractivity contribution is 6.32. The van der Waals surface area contributed by atoms with Crippen LogP contribution in [-0.2, 0) is 13.0 Å². The van der Waals surface area contributed by atoms with E-state index in [0.717, 1.165) is 28.9 Å². The van der Waals surface area contributed by atoms with Gasteiger partial charge < -0.3 is 9.67 Å². The van der Waals surface area contributed by atoms with Crippen LogP contribution < -0.4 is 0 Å². The Morgan fingerprint density at radius 3 is 2.76 bits per heavy atom. The molecule has 0 unspecified atom stereocenters. The van der Waals surface area contributed by atoms with Crippen molar-refractivity contribution in [2.75, 3.05) is 6.61 Å². The molecule has 0 amide bonds. The summed E-state index contributed by atoms with van der Waals surface area (Å²) in [7, 11) is 0. The Morgan fingerprint density at radius 1 is 1.35 bits per heavy atom. The zero-order valence-corrected chi connectivity index (χ0v) is 11.1. The molecule has 2 nitrogen and oxygen atoms in total. The first kappa shape index (κ1) is 12.5. The van der Waals surface area contributed by atoms with Crippen molar-refractivity contribution in [2.24, 2.45) is 0 Å². The summed E-state index contributed by atoms with van der Waals surface area (Å²) in [5.41, 5.74) is 3.58. The van der Waals surface area contributed by atoms with Crippen molar-refractivity contribution in [2.45, 2.75) is 33.2 Å². The number of hydrogen-bond donors (Lipinski definition) is 1. The summed E-state index contributed by atoms with van der Waals surface area (Å²) < 4.78 is 2.09. The predicted octanol–water partition coefficient (Wildman–Crippen LogP) is 3.55. The molecule has 1 aromatic carbocycles. The van der Waals surface area contributed by atoms with Crippen LogP contribution in [0.1, 0.15) is 24.5 Å². The van der Waals surface area contributed by atoms with Gasteiger partial charge in [-0.1, -0.05) is 24.9 Å². The van der Waals surface area contributed by atoms with Crippen molar-refractivity contribution in [3.63, 3.8) is 0 Å². The Labute approximate surface area is 107 Å². The quantitative estimate of drug-likeness (QED) is 0.883. The van der Waals surface area contributed by atoms with Crippen molar-refractivity contribution >= 4 is 22.5 Å². The lowest BCUT2D eigenvalue weighted by Gasteiger charge is -2.04. The second kappa shape index (κ2) is 5.11. The fourth-order valence-corrected chi connectivity index (χ4v) is 2.41. The van der Waals surface area contributed by atoms with Crippen LogP contribution in [0.15, 0.2) is 18.3 Å². The number of aryl methyl sites for hydroxylation is 2. The highest BCUT2D eigenvalue weighted by Crippen LogP contribution is 2.28. The summed E-state index contributed by atoms with van der Waals surface area (Å²) in [5, 5.41) is 11.1. The van der Waals surface area contributed by atoms with Gasteiger partial charge in [0.25, 0.3) is 0 Å². The average Bonchev–Trinajstić information content (AvgIpc) is 2.60. The largest absolute Gasteiger partial charge is 0.395 e. The highest BCUT2D eigenvalue weighted by atomic mass is 35.5. The van der Waals surface area contributed by atoms with Gasteiger partial charge in [0.1, 0.15) is 0 Å². The molecule has 2 aromatic rings. The summed E-state index contributed by atoms with van der Waals surface area (Å²) in [4.78, 5) is 0. The zero-order valence-electron chi connectivity index (χ0n) is 10.3. The molecule has 0 spiro atoms. The fraction of sp³-hybridized carbons (Fsp3) is 0.429. The molecule has 0 fully saturated rings. The second-order valence-corrected chi connectivity index (χ2v) is 4.85. The molecule has 92 valence electrons. The Morgan fingerprint density at radius 2 is 2.12 bits per heavy atom. The van der Waals surface area contributed by atoms with Crippen LogP contribution in [0.3, 0.4) is 0 Å². The normalized spacial score (nSPS) is 11.3. The van der Waals surface area contributed by atoms with Crippen LogP contribution in [-0.4, -0.2) is 16.3 Å². The van der Waals surface area contributed by atoms with Crippen LogP contribution in [0.5, 0.6) is 0 Å². The van der Waals surface area contributed by atoms with Gasteiger partial charge in [0.2, 0.25) is 0 Å². The Bertz CT molecular complexity index is 484. The number of hydrogen-bond acceptors (Lipinski definition) is 1. The molecular weight excluding hydrogens is 234 g/mol. The first-order chi connectivity index (χ1) is 8.17. The topological polar surface area (TPSA) is 25.2 Å². The number of aliphatic hydroxyl groups is 1. The maximum atomic E-state index is 9.09. The summed E-state index contributed by atoms with van der Waals surface area (Å²) in [6.07, 6.45) is 4.33. The first-order valence-electron chi connectivity index (χ1n) is 6.06. The van der Waals surface area contributed by atoms with Gasteiger partial charge in [-0.05, 0) is 36.6 Å². The molecule has 17 heavy (non-hydrogen) atoms. The van der Waals surface area contributed by atoms with Crippen molar-refractivity contribution in [3.8, 4) is 0 Å². The Kier molecular flexibility index (Phi) is 3.75. The van der Waals surface area contributed by atoms with Crippen molar-refractivity contribution in [3.05, 3.63) is 34.5 Å². The van der Waals surface area contributed by atoms with Crippen LogP contribution in [0, 0.1) is 6.92 Å². The van der Waals surface area contributed by atoms with E-state index in [4.69, 9.17) is 16.7 Å². The van der Waals surface area contributed by atoms with E-state index >= 15 is 0 Å². The van der Waals surface area contributed by atoms with Gasteiger partial charge in [-0.25, -0.2) is 0 Å². The van der Waals surface area contributed by atoms with Gasteiger partial charge >= 0.3 is 0 Å². The maximum absolute atomic E-state index is 9.09. The number of aromatic nitrogens is 1. The molecule has 0 radical (unpaired) electrons. The lowest BCUT2D eigenvalue weighted by Crippen LogP contribution is -1.99. The summed E-state index contributed by atoms with van der Waals surface area (Å²) >= 11 is 6.17. The minimum Gasteiger partial charge on any atom is -0.395 e. The minimum atomic E-state index is 0.154. The van der Waals surface area contributed by atoms with Crippen LogP contribution >= 0.6 is 11.6 Å². The summed E-state index contributed by atoms with van der Waals surface area (Å²) in [6, 6.07) is 4.15. The molecule has 1 heterocycles. The molecule has 0 saturated heterocycles. The molecule has 0 bridgehead atoms. The fourth-order valence-electron chi connectivity index (χ4n) is 2.25. The number of halogens is 1. The third-order valence-electron chi connectivity index (χ3n) is 3.10. The van der Waals surface area contributed by atoms with E-state index in [0.29, 0.717) is 6.54 Å². The average molecular weight is 252 g/mol. The van der Waals surface area contributed by atoms with E-state index in [-0.39, 0.29) is 6.61 Å². The molecule has 0 aliphatic rings. The SMILES string of the molecule is CCCc1cn(CCO)c2cc(Cl)c(C)cc12. The predicted molar refractivity (Wildman–Crippen MR) is 72.8 cm³/mol. The van der Waals surface area contributed by atoms with E-state index in [1.54, 1.807) is 0 Å². The van der Waals surface area contributed by atoms with Gasteiger partial charge in [0, 0.05) is 28.7 Å². The third-order valence-corrected chi connectivity index (χ3v) is 3.51. The lowest BCUT2D eigenvalue weighted by atomic mass is 10.1. The molecule has 0 atom stereocenters. The minimum absolute atomic E-state index is 0.154. The highest BCUT2D eigenvalue weighted by Gasteiger charge is 2.09. The molecule has 0 saturated carbocycles.